The molecule has 0 spiro atoms. The van der Waals surface area contributed by atoms with Gasteiger partial charge in [0.2, 0.25) is 5.91 Å². The van der Waals surface area contributed by atoms with Gasteiger partial charge < -0.3 is 15.5 Å². The first-order valence-electron chi connectivity index (χ1n) is 27.4. The third kappa shape index (κ3) is 49.2. The summed E-state index contributed by atoms with van der Waals surface area (Å²) in [5.74, 6) is -0.0738. The highest BCUT2D eigenvalue weighted by Gasteiger charge is 2.18. The lowest BCUT2D eigenvalue weighted by Gasteiger charge is -2.19. The molecule has 0 aliphatic carbocycles. The highest BCUT2D eigenvalue weighted by atomic mass is 16.3. The third-order valence-corrected chi connectivity index (χ3v) is 12.5. The van der Waals surface area contributed by atoms with E-state index in [0.717, 1.165) is 38.5 Å². The lowest BCUT2D eigenvalue weighted by atomic mass is 10.0. The van der Waals surface area contributed by atoms with Gasteiger partial charge >= 0.3 is 0 Å². The fraction of sp³-hybridized carbons (Fsp3) is 0.842. The Morgan fingerprint density at radius 1 is 0.393 bits per heavy atom. The summed E-state index contributed by atoms with van der Waals surface area (Å²) < 4.78 is 0. The van der Waals surface area contributed by atoms with Crippen molar-refractivity contribution in [2.75, 3.05) is 6.61 Å². The Bertz CT molecular complexity index is 970. The molecule has 0 aliphatic rings. The molecular formula is C57H107NO3. The van der Waals surface area contributed by atoms with Crippen molar-refractivity contribution in [3.05, 3.63) is 48.6 Å². The fourth-order valence-electron chi connectivity index (χ4n) is 8.33. The molecule has 0 aliphatic heterocycles. The van der Waals surface area contributed by atoms with Gasteiger partial charge in [-0.1, -0.05) is 274 Å². The van der Waals surface area contributed by atoms with E-state index in [1.807, 2.05) is 6.08 Å². The largest absolute Gasteiger partial charge is 0.394 e. The van der Waals surface area contributed by atoms with Gasteiger partial charge in [0, 0.05) is 6.42 Å². The Labute approximate surface area is 382 Å². The molecule has 0 radical (unpaired) electrons. The minimum absolute atomic E-state index is 0.0738. The number of hydrogen-bond donors (Lipinski definition) is 3. The number of aliphatic hydroxyl groups excluding tert-OH is 2. The van der Waals surface area contributed by atoms with Gasteiger partial charge in [0.25, 0.3) is 0 Å². The average Bonchev–Trinajstić information content (AvgIpc) is 3.26. The van der Waals surface area contributed by atoms with Crippen LogP contribution in [0.5, 0.6) is 0 Å². The zero-order chi connectivity index (χ0) is 44.2. The summed E-state index contributed by atoms with van der Waals surface area (Å²) >= 11 is 0. The number of aliphatic hydroxyl groups is 2. The first kappa shape index (κ1) is 59.4. The van der Waals surface area contributed by atoms with Crippen LogP contribution >= 0.6 is 0 Å². The number of nitrogens with one attached hydrogen (secondary N) is 1. The van der Waals surface area contributed by atoms with E-state index >= 15 is 0 Å². The van der Waals surface area contributed by atoms with Gasteiger partial charge in [-0.25, -0.2) is 0 Å². The highest BCUT2D eigenvalue weighted by molar-refractivity contribution is 5.76. The quantitative estimate of drug-likeness (QED) is 0.0422. The van der Waals surface area contributed by atoms with E-state index < -0.39 is 12.1 Å². The van der Waals surface area contributed by atoms with Gasteiger partial charge in [-0.15, -0.1) is 0 Å². The number of rotatable bonds is 50. The second-order valence-electron chi connectivity index (χ2n) is 18.6. The molecule has 0 aromatic carbocycles. The minimum Gasteiger partial charge on any atom is -0.394 e. The van der Waals surface area contributed by atoms with E-state index in [4.69, 9.17) is 0 Å². The fourth-order valence-corrected chi connectivity index (χ4v) is 8.33. The number of hydrogen-bond acceptors (Lipinski definition) is 3. The molecule has 0 heterocycles. The number of allylic oxidation sites excluding steroid dienone is 7. The molecule has 0 aromatic heterocycles. The average molecular weight is 854 g/mol. The molecule has 0 rings (SSSR count). The van der Waals surface area contributed by atoms with Crippen molar-refractivity contribution in [3.8, 4) is 0 Å². The topological polar surface area (TPSA) is 69.6 Å². The third-order valence-electron chi connectivity index (χ3n) is 12.5. The molecule has 2 unspecified atom stereocenters. The first-order valence-corrected chi connectivity index (χ1v) is 27.4. The number of carbonyl (C=O) groups excluding carboxylic acids is 1. The summed E-state index contributed by atoms with van der Waals surface area (Å²) in [6.45, 7) is 4.22. The van der Waals surface area contributed by atoms with Crippen LogP contribution in [0.2, 0.25) is 0 Å². The number of carbonyl (C=O) groups is 1. The van der Waals surface area contributed by atoms with Gasteiger partial charge in [0.05, 0.1) is 18.8 Å². The molecule has 0 aromatic rings. The molecule has 4 heteroatoms. The minimum atomic E-state index is -0.857. The van der Waals surface area contributed by atoms with Crippen LogP contribution in [0.4, 0.5) is 0 Å². The van der Waals surface area contributed by atoms with E-state index in [1.165, 1.54) is 231 Å². The van der Waals surface area contributed by atoms with Crippen molar-refractivity contribution in [1.82, 2.24) is 5.32 Å². The van der Waals surface area contributed by atoms with E-state index in [2.05, 4.69) is 55.6 Å². The summed E-state index contributed by atoms with van der Waals surface area (Å²) in [6.07, 6.45) is 73.1. The van der Waals surface area contributed by atoms with Crippen LogP contribution < -0.4 is 5.32 Å². The molecule has 0 saturated carbocycles. The maximum absolute atomic E-state index is 12.3. The molecule has 0 bridgehead atoms. The van der Waals surface area contributed by atoms with Crippen molar-refractivity contribution >= 4 is 5.91 Å². The molecule has 0 fully saturated rings. The van der Waals surface area contributed by atoms with Crippen LogP contribution in [0.1, 0.15) is 290 Å². The molecule has 2 atom stereocenters. The van der Waals surface area contributed by atoms with Gasteiger partial charge in [0.1, 0.15) is 0 Å². The van der Waals surface area contributed by atoms with Crippen molar-refractivity contribution in [2.24, 2.45) is 0 Å². The van der Waals surface area contributed by atoms with Crippen LogP contribution in [0.15, 0.2) is 48.6 Å². The van der Waals surface area contributed by atoms with E-state index in [9.17, 15) is 15.0 Å². The maximum Gasteiger partial charge on any atom is 0.220 e. The summed E-state index contributed by atoms with van der Waals surface area (Å²) in [7, 11) is 0. The van der Waals surface area contributed by atoms with Crippen LogP contribution in [0, 0.1) is 0 Å². The Balaban J connectivity index is 3.32. The zero-order valence-electron chi connectivity index (χ0n) is 41.2. The van der Waals surface area contributed by atoms with Crippen LogP contribution in [-0.4, -0.2) is 34.9 Å². The second kappa shape index (κ2) is 52.7. The molecule has 61 heavy (non-hydrogen) atoms. The predicted octanol–water partition coefficient (Wildman–Crippen LogP) is 17.9. The van der Waals surface area contributed by atoms with Crippen molar-refractivity contribution < 1.29 is 15.0 Å². The summed E-state index contributed by atoms with van der Waals surface area (Å²) in [5.41, 5.74) is 0. The standard InChI is InChI=1S/C57H107NO3/c1-3-5-7-9-11-13-14-15-16-17-18-19-20-21-22-23-24-25-26-27-28-29-30-31-32-33-34-35-36-37-38-39-40-41-42-43-44-45-47-49-51-53-57(61)58-55(54-59)56(60)52-50-48-46-12-10-8-6-4-2/h10,12,14-15,17-18,50,52,55-56,59-60H,3-9,11,13,16,19-49,51,53-54H2,1-2H3,(H,58,61)/b12-10+,15-14-,18-17-,52-50+. The van der Waals surface area contributed by atoms with Crippen molar-refractivity contribution in [2.45, 2.75) is 302 Å². The second-order valence-corrected chi connectivity index (χ2v) is 18.6. The Morgan fingerprint density at radius 2 is 0.705 bits per heavy atom. The van der Waals surface area contributed by atoms with E-state index in [1.54, 1.807) is 6.08 Å². The number of amides is 1. The van der Waals surface area contributed by atoms with Gasteiger partial charge in [-0.3, -0.25) is 4.79 Å². The SMILES string of the molecule is CCCC/C=C/CC/C=C/C(O)C(CO)NC(=O)CCCCCCCCCCCCCCCCCCCCCCCCCCCCCCC/C=C\C/C=C\CCCCCCC. The van der Waals surface area contributed by atoms with E-state index in [-0.39, 0.29) is 12.5 Å². The monoisotopic (exact) mass is 854 g/mol. The molecule has 4 nitrogen and oxygen atoms in total. The smallest absolute Gasteiger partial charge is 0.220 e. The number of unbranched alkanes of at least 4 members (excludes halogenated alkanes) is 37. The molecular weight excluding hydrogens is 747 g/mol. The Morgan fingerprint density at radius 3 is 1.10 bits per heavy atom. The molecule has 1 amide bonds. The first-order chi connectivity index (χ1) is 30.2. The normalized spacial score (nSPS) is 13.2. The molecule has 0 saturated heterocycles. The zero-order valence-corrected chi connectivity index (χ0v) is 41.2. The lowest BCUT2D eigenvalue weighted by molar-refractivity contribution is -0.123. The predicted molar refractivity (Wildman–Crippen MR) is 271 cm³/mol. The maximum atomic E-state index is 12.3. The highest BCUT2D eigenvalue weighted by Crippen LogP contribution is 2.17. The van der Waals surface area contributed by atoms with Gasteiger partial charge in [-0.05, 0) is 57.8 Å². The van der Waals surface area contributed by atoms with Crippen molar-refractivity contribution in [1.29, 1.82) is 0 Å². The molecule has 3 N–H and O–H groups in total. The Kier molecular flexibility index (Phi) is 51.3. The van der Waals surface area contributed by atoms with Gasteiger partial charge in [0.15, 0.2) is 0 Å². The lowest BCUT2D eigenvalue weighted by Crippen LogP contribution is -2.45. The Hall–Kier alpha value is -1.65. The van der Waals surface area contributed by atoms with Gasteiger partial charge in [-0.2, -0.15) is 0 Å². The van der Waals surface area contributed by atoms with Crippen LogP contribution in [0.3, 0.4) is 0 Å². The van der Waals surface area contributed by atoms with Crippen LogP contribution in [0.25, 0.3) is 0 Å². The van der Waals surface area contributed by atoms with Crippen LogP contribution in [-0.2, 0) is 4.79 Å². The van der Waals surface area contributed by atoms with Crippen molar-refractivity contribution in [3.63, 3.8) is 0 Å². The van der Waals surface area contributed by atoms with E-state index in [0.29, 0.717) is 6.42 Å². The summed E-state index contributed by atoms with van der Waals surface area (Å²) in [6, 6.07) is -0.634. The summed E-state index contributed by atoms with van der Waals surface area (Å²) in [5, 5.41) is 22.8. The summed E-state index contributed by atoms with van der Waals surface area (Å²) in [4.78, 5) is 12.3. The molecule has 358 valence electrons.